The number of anilines is 1. The highest BCUT2D eigenvalue weighted by Gasteiger charge is 2.39. The molecule has 0 aromatic heterocycles. The van der Waals surface area contributed by atoms with E-state index in [1.54, 1.807) is 0 Å². The summed E-state index contributed by atoms with van der Waals surface area (Å²) in [5.74, 6) is 0. The van der Waals surface area contributed by atoms with Gasteiger partial charge in [-0.25, -0.2) is 0 Å². The third-order valence-corrected chi connectivity index (χ3v) is 4.57. The third-order valence-electron chi connectivity index (χ3n) is 4.57. The lowest BCUT2D eigenvalue weighted by Crippen LogP contribution is -2.24. The van der Waals surface area contributed by atoms with Crippen molar-refractivity contribution in [2.75, 3.05) is 5.73 Å². The minimum atomic E-state index is -0.913. The zero-order valence-electron chi connectivity index (χ0n) is 11.7. The predicted molar refractivity (Wildman–Crippen MR) is 86.1 cm³/mol. The van der Waals surface area contributed by atoms with E-state index in [0.29, 0.717) is 6.42 Å². The van der Waals surface area contributed by atoms with Crippen LogP contribution in [0, 0.1) is 0 Å². The van der Waals surface area contributed by atoms with Crippen LogP contribution in [0.25, 0.3) is 10.8 Å². The Morgan fingerprint density at radius 2 is 1.71 bits per heavy atom. The topological polar surface area (TPSA) is 46.2 Å². The molecule has 0 saturated heterocycles. The number of aryl methyl sites for hydroxylation is 1. The minimum Gasteiger partial charge on any atom is -0.399 e. The van der Waals surface area contributed by atoms with Crippen LogP contribution in [0.2, 0.25) is 0 Å². The molecule has 0 saturated carbocycles. The Labute approximate surface area is 123 Å². The van der Waals surface area contributed by atoms with Gasteiger partial charge in [0.25, 0.3) is 0 Å². The first-order valence-corrected chi connectivity index (χ1v) is 7.28. The predicted octanol–water partition coefficient (Wildman–Crippen LogP) is 3.60. The lowest BCUT2D eigenvalue weighted by molar-refractivity contribution is 0.0845. The second-order valence-corrected chi connectivity index (χ2v) is 5.80. The summed E-state index contributed by atoms with van der Waals surface area (Å²) in [4.78, 5) is 0. The van der Waals surface area contributed by atoms with Crippen LogP contribution < -0.4 is 5.73 Å². The van der Waals surface area contributed by atoms with Crippen molar-refractivity contribution < 1.29 is 5.11 Å². The smallest absolute Gasteiger partial charge is 0.116 e. The van der Waals surface area contributed by atoms with Crippen LogP contribution in [-0.2, 0) is 12.0 Å². The molecule has 104 valence electrons. The van der Waals surface area contributed by atoms with E-state index in [0.717, 1.165) is 39.6 Å². The fraction of sp³-hybridized carbons (Fsp3) is 0.158. The van der Waals surface area contributed by atoms with Gasteiger partial charge in [0.15, 0.2) is 0 Å². The third kappa shape index (κ3) is 1.76. The molecule has 1 atom stereocenters. The number of nitrogens with two attached hydrogens (primary N) is 1. The highest BCUT2D eigenvalue weighted by molar-refractivity contribution is 5.87. The number of fused-ring (bicyclic) bond motifs is 2. The molecule has 1 aliphatic rings. The summed E-state index contributed by atoms with van der Waals surface area (Å²) in [6.07, 6.45) is 1.57. The van der Waals surface area contributed by atoms with Crippen molar-refractivity contribution in [1.82, 2.24) is 0 Å². The Morgan fingerprint density at radius 1 is 0.905 bits per heavy atom. The van der Waals surface area contributed by atoms with E-state index >= 15 is 0 Å². The maximum Gasteiger partial charge on any atom is 0.116 e. The van der Waals surface area contributed by atoms with Crippen molar-refractivity contribution in [3.8, 4) is 0 Å². The van der Waals surface area contributed by atoms with Gasteiger partial charge in [-0.15, -0.1) is 0 Å². The van der Waals surface area contributed by atoms with Gasteiger partial charge in [-0.05, 0) is 52.4 Å². The molecule has 2 heteroatoms. The summed E-state index contributed by atoms with van der Waals surface area (Å²) in [6.45, 7) is 0. The SMILES string of the molecule is Nc1ccc2c(c1)CCC2(O)c1cccc2ccccc12. The van der Waals surface area contributed by atoms with Gasteiger partial charge in [-0.2, -0.15) is 0 Å². The zero-order valence-corrected chi connectivity index (χ0v) is 11.7. The lowest BCUT2D eigenvalue weighted by atomic mass is 9.85. The van der Waals surface area contributed by atoms with Gasteiger partial charge in [-0.1, -0.05) is 48.5 Å². The van der Waals surface area contributed by atoms with E-state index in [1.807, 2.05) is 42.5 Å². The van der Waals surface area contributed by atoms with Crippen molar-refractivity contribution in [3.63, 3.8) is 0 Å². The molecule has 1 aliphatic carbocycles. The normalized spacial score (nSPS) is 20.6. The highest BCUT2D eigenvalue weighted by atomic mass is 16.3. The molecule has 3 aromatic carbocycles. The van der Waals surface area contributed by atoms with Crippen molar-refractivity contribution in [1.29, 1.82) is 0 Å². The quantitative estimate of drug-likeness (QED) is 0.666. The highest BCUT2D eigenvalue weighted by Crippen LogP contribution is 2.44. The molecule has 0 aliphatic heterocycles. The Bertz CT molecular complexity index is 835. The first-order valence-electron chi connectivity index (χ1n) is 7.28. The maximum atomic E-state index is 11.4. The Kier molecular flexibility index (Phi) is 2.57. The van der Waals surface area contributed by atoms with Gasteiger partial charge in [0.1, 0.15) is 5.60 Å². The second-order valence-electron chi connectivity index (χ2n) is 5.80. The maximum absolute atomic E-state index is 11.4. The van der Waals surface area contributed by atoms with Gasteiger partial charge < -0.3 is 10.8 Å². The first-order chi connectivity index (χ1) is 10.2. The molecular weight excluding hydrogens is 258 g/mol. The minimum absolute atomic E-state index is 0.708. The number of aliphatic hydroxyl groups is 1. The molecule has 0 spiro atoms. The fourth-order valence-electron chi connectivity index (χ4n) is 3.54. The molecule has 0 fully saturated rings. The standard InChI is InChI=1S/C19H17NO/c20-15-8-9-17-14(12-15)10-11-19(17,21)18-7-3-5-13-4-1-2-6-16(13)18/h1-9,12,21H,10-11,20H2. The Hall–Kier alpha value is -2.32. The van der Waals surface area contributed by atoms with Crippen LogP contribution in [-0.4, -0.2) is 5.11 Å². The van der Waals surface area contributed by atoms with Crippen LogP contribution in [0.4, 0.5) is 5.69 Å². The van der Waals surface area contributed by atoms with Crippen LogP contribution in [0.5, 0.6) is 0 Å². The largest absolute Gasteiger partial charge is 0.399 e. The van der Waals surface area contributed by atoms with E-state index in [4.69, 9.17) is 5.73 Å². The fourth-order valence-corrected chi connectivity index (χ4v) is 3.54. The summed E-state index contributed by atoms with van der Waals surface area (Å²) in [5.41, 5.74) is 8.86. The van der Waals surface area contributed by atoms with Gasteiger partial charge in [0.2, 0.25) is 0 Å². The monoisotopic (exact) mass is 275 g/mol. The molecule has 0 heterocycles. The van der Waals surface area contributed by atoms with E-state index in [2.05, 4.69) is 18.2 Å². The first kappa shape index (κ1) is 12.4. The Morgan fingerprint density at radius 3 is 2.62 bits per heavy atom. The second kappa shape index (κ2) is 4.34. The molecule has 1 unspecified atom stereocenters. The molecule has 4 rings (SSSR count). The molecular formula is C19H17NO. The number of hydrogen-bond donors (Lipinski definition) is 2. The number of hydrogen-bond acceptors (Lipinski definition) is 2. The van der Waals surface area contributed by atoms with Crippen LogP contribution >= 0.6 is 0 Å². The molecule has 21 heavy (non-hydrogen) atoms. The van der Waals surface area contributed by atoms with E-state index in [-0.39, 0.29) is 0 Å². The van der Waals surface area contributed by atoms with Crippen molar-refractivity contribution in [2.24, 2.45) is 0 Å². The van der Waals surface area contributed by atoms with Crippen LogP contribution in [0.3, 0.4) is 0 Å². The average molecular weight is 275 g/mol. The summed E-state index contributed by atoms with van der Waals surface area (Å²) in [5, 5.41) is 13.6. The lowest BCUT2D eigenvalue weighted by Gasteiger charge is -2.26. The zero-order chi connectivity index (χ0) is 14.4. The van der Waals surface area contributed by atoms with Crippen LogP contribution in [0.1, 0.15) is 23.1 Å². The Balaban J connectivity index is 1.98. The van der Waals surface area contributed by atoms with Gasteiger partial charge in [0, 0.05) is 5.69 Å². The molecule has 3 aromatic rings. The van der Waals surface area contributed by atoms with E-state index in [9.17, 15) is 5.11 Å². The summed E-state index contributed by atoms with van der Waals surface area (Å²) in [7, 11) is 0. The van der Waals surface area contributed by atoms with Gasteiger partial charge in [0.05, 0.1) is 0 Å². The number of nitrogen functional groups attached to an aromatic ring is 1. The molecule has 0 amide bonds. The molecule has 0 bridgehead atoms. The average Bonchev–Trinajstić information content (AvgIpc) is 2.84. The molecule has 2 nitrogen and oxygen atoms in total. The molecule has 0 radical (unpaired) electrons. The van der Waals surface area contributed by atoms with Crippen molar-refractivity contribution in [3.05, 3.63) is 77.4 Å². The van der Waals surface area contributed by atoms with Crippen molar-refractivity contribution in [2.45, 2.75) is 18.4 Å². The summed E-state index contributed by atoms with van der Waals surface area (Å²) >= 11 is 0. The molecule has 3 N–H and O–H groups in total. The number of rotatable bonds is 1. The summed E-state index contributed by atoms with van der Waals surface area (Å²) < 4.78 is 0. The van der Waals surface area contributed by atoms with Crippen LogP contribution in [0.15, 0.2) is 60.7 Å². The van der Waals surface area contributed by atoms with Crippen molar-refractivity contribution >= 4 is 16.5 Å². The summed E-state index contributed by atoms with van der Waals surface area (Å²) in [6, 6.07) is 20.2. The van der Waals surface area contributed by atoms with E-state index in [1.165, 1.54) is 0 Å². The van der Waals surface area contributed by atoms with Gasteiger partial charge in [-0.3, -0.25) is 0 Å². The van der Waals surface area contributed by atoms with E-state index < -0.39 is 5.60 Å². The van der Waals surface area contributed by atoms with Gasteiger partial charge >= 0.3 is 0 Å². The number of benzene rings is 3.